The smallest absolute Gasteiger partial charge is 0.290 e. The van der Waals surface area contributed by atoms with Crippen LogP contribution in [0.5, 0.6) is 0 Å². The molecule has 9 heteroatoms. The highest BCUT2D eigenvalue weighted by Gasteiger charge is 2.25. The van der Waals surface area contributed by atoms with Gasteiger partial charge in [-0.25, -0.2) is 4.98 Å². The first-order chi connectivity index (χ1) is 13.1. The van der Waals surface area contributed by atoms with Crippen LogP contribution in [-0.4, -0.2) is 59.2 Å². The lowest BCUT2D eigenvalue weighted by atomic mass is 10.3. The van der Waals surface area contributed by atoms with Gasteiger partial charge in [0.2, 0.25) is 0 Å². The molecule has 1 N–H and O–H groups in total. The number of imide groups is 1. The van der Waals surface area contributed by atoms with Crippen molar-refractivity contribution in [1.29, 1.82) is 0 Å². The Morgan fingerprint density at radius 1 is 1.19 bits per heavy atom. The van der Waals surface area contributed by atoms with E-state index in [-0.39, 0.29) is 5.24 Å². The van der Waals surface area contributed by atoms with Gasteiger partial charge in [-0.05, 0) is 43.9 Å². The predicted molar refractivity (Wildman–Crippen MR) is 103 cm³/mol. The number of likely N-dealkylation sites (N-methyl/N-ethyl adjacent to an activating group) is 1. The Balaban J connectivity index is 1.54. The van der Waals surface area contributed by atoms with Crippen LogP contribution in [-0.2, 0) is 4.79 Å². The number of anilines is 1. The number of thioether (sulfide) groups is 1. The molecular formula is C18H19N5O3S. The standard InChI is InChI=1S/C18H19N5O3S/c1-22-5-2-6-23(8-7-22)16-11-19-10-13(20-16)14-4-3-12(26-14)9-15-17(24)21-18(25)27-15/h3-4,9-11H,2,5-8H2,1H3,(H,21,24,25)/b15-9+. The Bertz CT molecular complexity index is 910. The Morgan fingerprint density at radius 2 is 2.07 bits per heavy atom. The van der Waals surface area contributed by atoms with E-state index in [1.165, 1.54) is 0 Å². The summed E-state index contributed by atoms with van der Waals surface area (Å²) in [6.07, 6.45) is 6.06. The molecule has 4 rings (SSSR count). The van der Waals surface area contributed by atoms with Crippen LogP contribution in [0.2, 0.25) is 0 Å². The minimum Gasteiger partial charge on any atom is -0.455 e. The first kappa shape index (κ1) is 17.7. The summed E-state index contributed by atoms with van der Waals surface area (Å²) in [5.74, 6) is 1.48. The van der Waals surface area contributed by atoms with Crippen LogP contribution in [0, 0.1) is 0 Å². The topological polar surface area (TPSA) is 91.6 Å². The molecule has 0 aromatic carbocycles. The van der Waals surface area contributed by atoms with Gasteiger partial charge >= 0.3 is 0 Å². The molecule has 8 nitrogen and oxygen atoms in total. The van der Waals surface area contributed by atoms with E-state index in [1.54, 1.807) is 30.6 Å². The molecule has 2 aliphatic rings. The molecule has 4 heterocycles. The lowest BCUT2D eigenvalue weighted by Crippen LogP contribution is -2.29. The number of hydrogen-bond donors (Lipinski definition) is 1. The molecule has 0 saturated carbocycles. The van der Waals surface area contributed by atoms with E-state index in [9.17, 15) is 9.59 Å². The Morgan fingerprint density at radius 3 is 2.89 bits per heavy atom. The van der Waals surface area contributed by atoms with E-state index in [0.29, 0.717) is 22.1 Å². The molecule has 2 fully saturated rings. The molecule has 140 valence electrons. The summed E-state index contributed by atoms with van der Waals surface area (Å²) < 4.78 is 5.79. The molecule has 2 amide bonds. The Labute approximate surface area is 160 Å². The number of nitrogens with one attached hydrogen (secondary N) is 1. The molecule has 2 aromatic rings. The van der Waals surface area contributed by atoms with Crippen molar-refractivity contribution >= 4 is 34.8 Å². The monoisotopic (exact) mass is 385 g/mol. The lowest BCUT2D eigenvalue weighted by molar-refractivity contribution is -0.115. The van der Waals surface area contributed by atoms with Crippen molar-refractivity contribution in [3.8, 4) is 11.5 Å². The molecule has 2 saturated heterocycles. The summed E-state index contributed by atoms with van der Waals surface area (Å²) in [5, 5.41) is 1.85. The lowest BCUT2D eigenvalue weighted by Gasteiger charge is -2.21. The highest BCUT2D eigenvalue weighted by molar-refractivity contribution is 8.18. The summed E-state index contributed by atoms with van der Waals surface area (Å²) in [6, 6.07) is 3.53. The van der Waals surface area contributed by atoms with Gasteiger partial charge in [-0.3, -0.25) is 19.9 Å². The van der Waals surface area contributed by atoms with Crippen molar-refractivity contribution in [2.45, 2.75) is 6.42 Å². The SMILES string of the molecule is CN1CCCN(c2cncc(-c3ccc(/C=C4/SC(=O)NC4=O)o3)n2)CC1. The molecule has 0 spiro atoms. The van der Waals surface area contributed by atoms with E-state index >= 15 is 0 Å². The first-order valence-electron chi connectivity index (χ1n) is 8.69. The fourth-order valence-electron chi connectivity index (χ4n) is 3.02. The van der Waals surface area contributed by atoms with E-state index in [1.807, 2.05) is 0 Å². The van der Waals surface area contributed by atoms with Crippen molar-refractivity contribution < 1.29 is 14.0 Å². The number of carbonyl (C=O) groups excluding carboxylic acids is 2. The van der Waals surface area contributed by atoms with Crippen molar-refractivity contribution in [1.82, 2.24) is 20.2 Å². The highest BCUT2D eigenvalue weighted by atomic mass is 32.2. The van der Waals surface area contributed by atoms with Crippen molar-refractivity contribution in [3.63, 3.8) is 0 Å². The van der Waals surface area contributed by atoms with Crippen LogP contribution < -0.4 is 10.2 Å². The quantitative estimate of drug-likeness (QED) is 0.804. The van der Waals surface area contributed by atoms with E-state index in [0.717, 1.165) is 50.2 Å². The molecule has 27 heavy (non-hydrogen) atoms. The van der Waals surface area contributed by atoms with Crippen LogP contribution >= 0.6 is 11.8 Å². The van der Waals surface area contributed by atoms with Crippen LogP contribution in [0.15, 0.2) is 33.8 Å². The summed E-state index contributed by atoms with van der Waals surface area (Å²) in [6.45, 7) is 3.92. The maximum absolute atomic E-state index is 11.6. The third kappa shape index (κ3) is 4.04. The molecule has 0 aliphatic carbocycles. The number of amides is 2. The average Bonchev–Trinajstić information content (AvgIpc) is 3.17. The molecule has 0 atom stereocenters. The van der Waals surface area contributed by atoms with Gasteiger partial charge in [-0.1, -0.05) is 0 Å². The average molecular weight is 385 g/mol. The summed E-state index contributed by atoms with van der Waals surface area (Å²) in [7, 11) is 2.13. The Kier molecular flexibility index (Phi) is 4.95. The van der Waals surface area contributed by atoms with Gasteiger partial charge in [0.05, 0.1) is 17.3 Å². The minimum absolute atomic E-state index is 0.314. The molecular weight excluding hydrogens is 366 g/mol. The predicted octanol–water partition coefficient (Wildman–Crippen LogP) is 2.20. The van der Waals surface area contributed by atoms with Crippen molar-refractivity contribution in [2.24, 2.45) is 0 Å². The number of carbonyl (C=O) groups is 2. The maximum Gasteiger partial charge on any atom is 0.290 e. The zero-order chi connectivity index (χ0) is 18.8. The number of aromatic nitrogens is 2. The molecule has 0 bridgehead atoms. The molecule has 0 unspecified atom stereocenters. The van der Waals surface area contributed by atoms with Gasteiger partial charge < -0.3 is 14.2 Å². The first-order valence-corrected chi connectivity index (χ1v) is 9.51. The van der Waals surface area contributed by atoms with Gasteiger partial charge in [0.15, 0.2) is 5.76 Å². The summed E-state index contributed by atoms with van der Waals surface area (Å²) >= 11 is 0.860. The van der Waals surface area contributed by atoms with E-state index < -0.39 is 5.91 Å². The Hall–Kier alpha value is -2.65. The van der Waals surface area contributed by atoms with Gasteiger partial charge in [-0.2, -0.15) is 0 Å². The van der Waals surface area contributed by atoms with Gasteiger partial charge in [-0.15, -0.1) is 0 Å². The second kappa shape index (κ2) is 7.53. The van der Waals surface area contributed by atoms with Crippen molar-refractivity contribution in [2.75, 3.05) is 38.1 Å². The second-order valence-electron chi connectivity index (χ2n) is 6.46. The van der Waals surface area contributed by atoms with Gasteiger partial charge in [0.1, 0.15) is 17.3 Å². The van der Waals surface area contributed by atoms with E-state index in [2.05, 4.69) is 27.1 Å². The zero-order valence-electron chi connectivity index (χ0n) is 14.8. The highest BCUT2D eigenvalue weighted by Crippen LogP contribution is 2.28. The van der Waals surface area contributed by atoms with Gasteiger partial charge in [0, 0.05) is 25.7 Å². The fourth-order valence-corrected chi connectivity index (χ4v) is 3.68. The van der Waals surface area contributed by atoms with Gasteiger partial charge in [0.25, 0.3) is 11.1 Å². The second-order valence-corrected chi connectivity index (χ2v) is 7.48. The maximum atomic E-state index is 11.6. The van der Waals surface area contributed by atoms with Crippen LogP contribution in [0.25, 0.3) is 17.5 Å². The third-order valence-corrected chi connectivity index (χ3v) is 5.27. The van der Waals surface area contributed by atoms with Crippen molar-refractivity contribution in [3.05, 3.63) is 35.2 Å². The normalized spacial score (nSPS) is 20.2. The largest absolute Gasteiger partial charge is 0.455 e. The number of rotatable bonds is 3. The number of furan rings is 1. The number of hydrogen-bond acceptors (Lipinski definition) is 8. The molecule has 2 aliphatic heterocycles. The van der Waals surface area contributed by atoms with E-state index in [4.69, 9.17) is 9.40 Å². The number of nitrogens with zero attached hydrogens (tertiary/aromatic N) is 4. The van der Waals surface area contributed by atoms with Crippen LogP contribution in [0.4, 0.5) is 10.6 Å². The molecule has 2 aromatic heterocycles. The summed E-state index contributed by atoms with van der Waals surface area (Å²) in [4.78, 5) is 36.8. The third-order valence-electron chi connectivity index (χ3n) is 4.46. The van der Waals surface area contributed by atoms with Crippen LogP contribution in [0.1, 0.15) is 12.2 Å². The van der Waals surface area contributed by atoms with Crippen LogP contribution in [0.3, 0.4) is 0 Å². The fraction of sp³-hybridized carbons (Fsp3) is 0.333. The molecule has 0 radical (unpaired) electrons. The zero-order valence-corrected chi connectivity index (χ0v) is 15.7. The summed E-state index contributed by atoms with van der Waals surface area (Å²) in [5.41, 5.74) is 0.634. The minimum atomic E-state index is -0.407.